The summed E-state index contributed by atoms with van der Waals surface area (Å²) >= 11 is 0. The first-order valence-corrected chi connectivity index (χ1v) is 9.74. The molecule has 0 saturated carbocycles. The highest BCUT2D eigenvalue weighted by Gasteiger charge is 2.27. The Bertz CT molecular complexity index is 1810. The van der Waals surface area contributed by atoms with Crippen LogP contribution in [0.1, 0.15) is 47.0 Å². The van der Waals surface area contributed by atoms with Crippen molar-refractivity contribution in [3.8, 4) is 6.07 Å². The number of carbonyl (C=O) groups is 4. The third-order valence-corrected chi connectivity index (χ3v) is 6.04. The van der Waals surface area contributed by atoms with Crippen LogP contribution in [-0.2, 0) is 0 Å². The Labute approximate surface area is 188 Å². The summed E-state index contributed by atoms with van der Waals surface area (Å²) in [4.78, 5) is 47.9. The van der Waals surface area contributed by atoms with Gasteiger partial charge in [-0.3, -0.25) is 0 Å². The molecule has 0 amide bonds. The van der Waals surface area contributed by atoms with Crippen LogP contribution in [0.4, 0.5) is 0 Å². The van der Waals surface area contributed by atoms with E-state index >= 15 is 0 Å². The monoisotopic (exact) mass is 453 g/mol. The van der Waals surface area contributed by atoms with Crippen molar-refractivity contribution >= 4 is 67.0 Å². The summed E-state index contributed by atoms with van der Waals surface area (Å²) in [6.07, 6.45) is 0. The molecule has 0 aliphatic rings. The zero-order valence-corrected chi connectivity index (χ0v) is 16.9. The lowest BCUT2D eigenvalue weighted by molar-refractivity contribution is 0.0681. The van der Waals surface area contributed by atoms with Crippen LogP contribution in [0.25, 0.3) is 43.1 Å². The van der Waals surface area contributed by atoms with Gasteiger partial charge in [0.1, 0.15) is 0 Å². The number of hydrogen-bond donors (Lipinski definition) is 4. The van der Waals surface area contributed by atoms with E-state index < -0.39 is 23.9 Å². The van der Waals surface area contributed by atoms with Crippen LogP contribution in [0.2, 0.25) is 0 Å². The van der Waals surface area contributed by atoms with Gasteiger partial charge in [-0.1, -0.05) is 18.2 Å². The van der Waals surface area contributed by atoms with Crippen LogP contribution in [-0.4, -0.2) is 44.3 Å². The molecular weight excluding hydrogens is 442 g/mol. The summed E-state index contributed by atoms with van der Waals surface area (Å²) < 4.78 is 0. The van der Waals surface area contributed by atoms with Crippen molar-refractivity contribution in [3.05, 3.63) is 70.3 Å². The van der Waals surface area contributed by atoms with Gasteiger partial charge in [-0.2, -0.15) is 5.26 Å². The van der Waals surface area contributed by atoms with E-state index in [2.05, 4.69) is 0 Å². The average molecular weight is 453 g/mol. The van der Waals surface area contributed by atoms with Crippen molar-refractivity contribution < 1.29 is 39.6 Å². The van der Waals surface area contributed by atoms with Gasteiger partial charge in [0.15, 0.2) is 0 Å². The Morgan fingerprint density at radius 1 is 0.529 bits per heavy atom. The van der Waals surface area contributed by atoms with E-state index in [1.54, 1.807) is 0 Å². The molecule has 0 heterocycles. The number of carboxylic acids is 4. The fraction of sp³-hybridized carbons (Fsp3) is 0. The summed E-state index contributed by atoms with van der Waals surface area (Å²) in [6.45, 7) is 0. The highest BCUT2D eigenvalue weighted by atomic mass is 16.4. The van der Waals surface area contributed by atoms with E-state index in [0.29, 0.717) is 16.2 Å². The largest absolute Gasteiger partial charge is 0.478 e. The van der Waals surface area contributed by atoms with Gasteiger partial charge in [0.05, 0.1) is 33.9 Å². The lowest BCUT2D eigenvalue weighted by atomic mass is 9.83. The minimum absolute atomic E-state index is 0.0395. The number of rotatable bonds is 4. The van der Waals surface area contributed by atoms with Gasteiger partial charge >= 0.3 is 23.9 Å². The van der Waals surface area contributed by atoms with Crippen molar-refractivity contribution in [2.24, 2.45) is 0 Å². The molecule has 4 N–H and O–H groups in total. The fourth-order valence-corrected chi connectivity index (χ4v) is 4.79. The molecule has 0 aliphatic carbocycles. The maximum Gasteiger partial charge on any atom is 0.336 e. The predicted molar refractivity (Wildman–Crippen MR) is 120 cm³/mol. The molecule has 5 rings (SSSR count). The second-order valence-electron chi connectivity index (χ2n) is 7.66. The van der Waals surface area contributed by atoms with Gasteiger partial charge in [-0.25, -0.2) is 19.2 Å². The minimum atomic E-state index is -1.42. The number of carboxylic acid groups (broad SMARTS) is 4. The fourth-order valence-electron chi connectivity index (χ4n) is 4.79. The topological polar surface area (TPSA) is 173 Å². The Hall–Kier alpha value is -5.23. The highest BCUT2D eigenvalue weighted by Crippen LogP contribution is 2.45. The van der Waals surface area contributed by atoms with Gasteiger partial charge in [-0.15, -0.1) is 0 Å². The van der Waals surface area contributed by atoms with E-state index in [0.717, 1.165) is 6.07 Å². The maximum atomic E-state index is 12.0. The van der Waals surface area contributed by atoms with E-state index in [4.69, 9.17) is 0 Å². The maximum absolute atomic E-state index is 12.0. The van der Waals surface area contributed by atoms with Crippen molar-refractivity contribution in [2.45, 2.75) is 0 Å². The molecule has 9 heteroatoms. The molecule has 0 bridgehead atoms. The molecular formula is C25H11NO8. The molecule has 0 fully saturated rings. The second-order valence-corrected chi connectivity index (χ2v) is 7.66. The van der Waals surface area contributed by atoms with Crippen LogP contribution in [0.3, 0.4) is 0 Å². The van der Waals surface area contributed by atoms with Crippen LogP contribution in [0.5, 0.6) is 0 Å². The Balaban J connectivity index is 2.24. The van der Waals surface area contributed by atoms with Crippen LogP contribution in [0, 0.1) is 11.3 Å². The number of benzene rings is 5. The summed E-state index contributed by atoms with van der Waals surface area (Å²) in [5.74, 6) is -5.46. The molecule has 0 spiro atoms. The molecule has 0 atom stereocenters. The van der Waals surface area contributed by atoms with Crippen molar-refractivity contribution in [2.75, 3.05) is 0 Å². The van der Waals surface area contributed by atoms with Crippen molar-refractivity contribution in [3.63, 3.8) is 0 Å². The van der Waals surface area contributed by atoms with Crippen molar-refractivity contribution in [1.29, 1.82) is 5.26 Å². The third-order valence-electron chi connectivity index (χ3n) is 6.04. The van der Waals surface area contributed by atoms with E-state index in [1.165, 1.54) is 36.4 Å². The molecule has 0 unspecified atom stereocenters. The second kappa shape index (κ2) is 6.88. The van der Waals surface area contributed by atoms with Gasteiger partial charge in [-0.05, 0) is 45.8 Å². The number of nitrogens with zero attached hydrogens (tertiary/aromatic N) is 1. The van der Waals surface area contributed by atoms with Crippen LogP contribution < -0.4 is 0 Å². The zero-order chi connectivity index (χ0) is 24.5. The van der Waals surface area contributed by atoms with Crippen LogP contribution >= 0.6 is 0 Å². The van der Waals surface area contributed by atoms with Gasteiger partial charge < -0.3 is 20.4 Å². The first-order chi connectivity index (χ1) is 16.2. The summed E-state index contributed by atoms with van der Waals surface area (Å²) in [5, 5.41) is 50.5. The number of hydrogen-bond acceptors (Lipinski definition) is 5. The van der Waals surface area contributed by atoms with Crippen molar-refractivity contribution in [1.82, 2.24) is 0 Å². The molecule has 164 valence electrons. The van der Waals surface area contributed by atoms with Gasteiger partial charge in [0, 0.05) is 21.5 Å². The van der Waals surface area contributed by atoms with Gasteiger partial charge in [0.2, 0.25) is 0 Å². The standard InChI is InChI=1S/C25H11NO8/c26-8-9-7-16(25(33)34)20-15(24(31)32)5-2-11-10-1-4-13(22(27)28)19-14(23(29)30)6-3-12(18(10)19)17(9)21(11)20/h1-7H,(H,27,28)(H,29,30)(H,31,32)(H,33,34). The third kappa shape index (κ3) is 2.53. The normalized spacial score (nSPS) is 11.3. The Kier molecular flexibility index (Phi) is 4.18. The van der Waals surface area contributed by atoms with E-state index in [9.17, 15) is 44.9 Å². The molecule has 9 nitrogen and oxygen atoms in total. The summed E-state index contributed by atoms with van der Waals surface area (Å²) in [7, 11) is 0. The van der Waals surface area contributed by atoms with E-state index in [1.807, 2.05) is 6.07 Å². The average Bonchev–Trinajstić information content (AvgIpc) is 2.80. The lowest BCUT2D eigenvalue weighted by Crippen LogP contribution is -2.08. The first kappa shape index (κ1) is 20.7. The van der Waals surface area contributed by atoms with E-state index in [-0.39, 0.29) is 54.7 Å². The number of fused-ring (bicyclic) bond motifs is 2. The highest BCUT2D eigenvalue weighted by molar-refractivity contribution is 6.38. The SMILES string of the molecule is N#Cc1cc(C(=O)O)c2c(C(=O)O)ccc3c4ccc(C(=O)O)c5c(C(=O)O)ccc(c1c23)c54. The van der Waals surface area contributed by atoms with Gasteiger partial charge in [0.25, 0.3) is 0 Å². The molecule has 5 aromatic rings. The lowest BCUT2D eigenvalue weighted by Gasteiger charge is -2.19. The Morgan fingerprint density at radius 2 is 0.941 bits per heavy atom. The molecule has 0 radical (unpaired) electrons. The minimum Gasteiger partial charge on any atom is -0.478 e. The predicted octanol–water partition coefficient (Wildman–Crippen LogP) is 4.40. The molecule has 0 saturated heterocycles. The quantitative estimate of drug-likeness (QED) is 0.227. The first-order valence-electron chi connectivity index (χ1n) is 9.74. The summed E-state index contributed by atoms with van der Waals surface area (Å²) in [5.41, 5.74) is -1.20. The zero-order valence-electron chi connectivity index (χ0n) is 16.9. The number of nitriles is 1. The smallest absolute Gasteiger partial charge is 0.336 e. The number of aromatic carboxylic acids is 4. The molecule has 0 aliphatic heterocycles. The molecule has 0 aromatic heterocycles. The molecule has 34 heavy (non-hydrogen) atoms. The van der Waals surface area contributed by atoms with Crippen LogP contribution in [0.15, 0.2) is 42.5 Å². The molecule has 5 aromatic carbocycles. The Morgan fingerprint density at radius 3 is 1.38 bits per heavy atom. The summed E-state index contributed by atoms with van der Waals surface area (Å²) in [6, 6.07) is 11.1.